The number of allylic oxidation sites excluding steroid dienone is 2. The molecule has 5 heterocycles. The van der Waals surface area contributed by atoms with Gasteiger partial charge in [-0.05, 0) is 51.0 Å². The number of aliphatic hydroxyl groups is 2. The number of fused-ring (bicyclic) bond motifs is 7. The molecule has 3 aliphatic rings. The Morgan fingerprint density at radius 2 is 1.70 bits per heavy atom. The van der Waals surface area contributed by atoms with Gasteiger partial charge >= 0.3 is 23.1 Å². The van der Waals surface area contributed by atoms with E-state index in [2.05, 4.69) is 34.3 Å². The predicted octanol–water partition coefficient (Wildman–Crippen LogP) is 3.57. The summed E-state index contributed by atoms with van der Waals surface area (Å²) in [7, 11) is 0. The van der Waals surface area contributed by atoms with Crippen LogP contribution in [0.15, 0.2) is 18.0 Å². The molecule has 226 valence electrons. The molecule has 2 N–H and O–H groups in total. The Morgan fingerprint density at radius 1 is 1.00 bits per heavy atom. The van der Waals surface area contributed by atoms with Crippen LogP contribution >= 0.6 is 0 Å². The molecule has 1 aliphatic carbocycles. The number of carbonyl (C=O) groups is 1. The molecule has 1 unspecified atom stereocenters. The second-order valence-electron chi connectivity index (χ2n) is 11.8. The maximum absolute atomic E-state index is 14.0. The molecular weight excluding hydrogens is 565 g/mol. The van der Waals surface area contributed by atoms with Crippen LogP contribution in [0.2, 0.25) is 0 Å². The summed E-state index contributed by atoms with van der Waals surface area (Å²) in [5.74, 6) is -1.27. The fraction of sp³-hybridized carbons (Fsp3) is 0.400. The quantitative estimate of drug-likeness (QED) is 0.313. The van der Waals surface area contributed by atoms with E-state index in [0.717, 1.165) is 80.6 Å². The van der Waals surface area contributed by atoms with E-state index in [1.54, 1.807) is 0 Å². The molecule has 0 spiro atoms. The van der Waals surface area contributed by atoms with Crippen LogP contribution < -0.4 is 25.7 Å². The maximum Gasteiger partial charge on any atom is 2.00 e. The molecule has 0 radical (unpaired) electrons. The second kappa shape index (κ2) is 12.4. The standard InChI is InChI=1S/C35H39N4O4.Mg/c1-8-11-22-18(6)25-12-23-16(4)20(9-2)27(36-23)13-24-17(5)21(10-3)28(37-24)14-26-19(7)29-33(39-26)30(32(22)38-25)31(34(29)41)35(42)43-15-40;/h9,12-14,18,22,31,35,40,42H,2,8,10-11,15H2,1,3-7H3,(H-,38,39,41);/q-3;+2/p-1/b24-13-,25-12-,28-14-;/t18-,22-,31+,35?;/m0./s1. The van der Waals surface area contributed by atoms with E-state index in [4.69, 9.17) is 25.0 Å². The Bertz CT molecular complexity index is 1840. The minimum absolute atomic E-state index is 0. The molecule has 1 saturated heterocycles. The summed E-state index contributed by atoms with van der Waals surface area (Å²) in [4.78, 5) is 29.1. The van der Waals surface area contributed by atoms with Gasteiger partial charge in [0.15, 0.2) is 12.1 Å². The Kier molecular flexibility index (Phi) is 9.08. The molecule has 4 atom stereocenters. The Morgan fingerprint density at radius 3 is 2.36 bits per heavy atom. The number of ketones is 1. The molecule has 3 aromatic heterocycles. The molecule has 9 heteroatoms. The van der Waals surface area contributed by atoms with Crippen LogP contribution in [0, 0.1) is 38.5 Å². The number of nitrogens with zero attached hydrogens (tertiary/aromatic N) is 4. The van der Waals surface area contributed by atoms with Gasteiger partial charge in [0, 0.05) is 5.56 Å². The van der Waals surface area contributed by atoms with Crippen molar-refractivity contribution in [1.82, 2.24) is 15.0 Å². The van der Waals surface area contributed by atoms with Crippen molar-refractivity contribution in [3.8, 4) is 0 Å². The summed E-state index contributed by atoms with van der Waals surface area (Å²) in [6, 6.07) is 0. The minimum atomic E-state index is -1.53. The smallest absolute Gasteiger partial charge is 0.664 e. The van der Waals surface area contributed by atoms with Gasteiger partial charge in [0.1, 0.15) is 6.79 Å². The number of hydrogen-bond donors (Lipinski definition) is 2. The monoisotopic (exact) mass is 602 g/mol. The van der Waals surface area contributed by atoms with Crippen molar-refractivity contribution in [1.29, 1.82) is 0 Å². The SMILES string of the molecule is C=Cc1c2[n-]c(c1C)/C=C1\[N-]/C(=C3\c4[n-]c(c(C)c4C(=O)[C@@H]3C(O)OCO)/C=c3\[n-]/c(c(C)c3CC)=C\2)[C@@H](CCC)[C@@H]1C.[Mg+2]. The molecule has 0 amide bonds. The van der Waals surface area contributed by atoms with E-state index >= 15 is 0 Å². The van der Waals surface area contributed by atoms with Gasteiger partial charge in [0.25, 0.3) is 0 Å². The zero-order chi connectivity index (χ0) is 30.7. The van der Waals surface area contributed by atoms with E-state index in [9.17, 15) is 15.0 Å². The van der Waals surface area contributed by atoms with Crippen molar-refractivity contribution >= 4 is 58.7 Å². The summed E-state index contributed by atoms with van der Waals surface area (Å²) >= 11 is 0. The summed E-state index contributed by atoms with van der Waals surface area (Å²) in [6.45, 7) is 15.8. The van der Waals surface area contributed by atoms with Gasteiger partial charge in [0.05, 0.1) is 5.92 Å². The van der Waals surface area contributed by atoms with Gasteiger partial charge in [-0.2, -0.15) is 11.4 Å². The topological polar surface area (TPSA) is 123 Å². The van der Waals surface area contributed by atoms with E-state index in [1.165, 1.54) is 0 Å². The van der Waals surface area contributed by atoms with Crippen LogP contribution in [-0.2, 0) is 11.2 Å². The molecule has 8 bridgehead atoms. The Balaban J connectivity index is 0.00000384. The third-order valence-corrected chi connectivity index (χ3v) is 9.48. The normalized spacial score (nSPS) is 25.3. The minimum Gasteiger partial charge on any atom is -0.664 e. The van der Waals surface area contributed by atoms with Crippen LogP contribution in [-0.4, -0.2) is 52.1 Å². The number of ether oxygens (including phenoxy) is 1. The zero-order valence-electron chi connectivity index (χ0n) is 26.4. The molecule has 0 saturated carbocycles. The number of rotatable bonds is 7. The molecule has 2 aliphatic heterocycles. The summed E-state index contributed by atoms with van der Waals surface area (Å²) in [5, 5.41) is 27.4. The number of carbonyl (C=O) groups excluding carboxylic acids is 1. The van der Waals surface area contributed by atoms with Crippen LogP contribution in [0.4, 0.5) is 0 Å². The van der Waals surface area contributed by atoms with E-state index in [0.29, 0.717) is 22.5 Å². The fourth-order valence-corrected chi connectivity index (χ4v) is 7.10. The molecular formula is C35H38MgN4O4-2. The zero-order valence-corrected chi connectivity index (χ0v) is 27.8. The van der Waals surface area contributed by atoms with Crippen LogP contribution in [0.1, 0.15) is 94.6 Å². The van der Waals surface area contributed by atoms with Crippen molar-refractivity contribution in [3.05, 3.63) is 90.1 Å². The van der Waals surface area contributed by atoms with Gasteiger partial charge in [-0.15, -0.1) is 33.5 Å². The number of Topliss-reactive ketones (excluding diaryl/α,β-unsaturated/α-hetero) is 1. The van der Waals surface area contributed by atoms with E-state index in [1.807, 2.05) is 38.2 Å². The first kappa shape index (κ1) is 32.3. The Hall–Kier alpha value is -3.08. The molecule has 1 fully saturated rings. The molecule has 6 rings (SSSR count). The molecule has 8 nitrogen and oxygen atoms in total. The summed E-state index contributed by atoms with van der Waals surface area (Å²) in [5.41, 5.74) is 10.4. The van der Waals surface area contributed by atoms with Crippen molar-refractivity contribution in [3.63, 3.8) is 0 Å². The van der Waals surface area contributed by atoms with Crippen molar-refractivity contribution in [2.45, 2.75) is 67.1 Å². The molecule has 0 aromatic carbocycles. The van der Waals surface area contributed by atoms with Crippen molar-refractivity contribution in [2.75, 3.05) is 6.79 Å². The first-order chi connectivity index (χ1) is 20.6. The van der Waals surface area contributed by atoms with Crippen LogP contribution in [0.5, 0.6) is 0 Å². The molecule has 44 heavy (non-hydrogen) atoms. The van der Waals surface area contributed by atoms with Gasteiger partial charge in [-0.3, -0.25) is 4.79 Å². The predicted molar refractivity (Wildman–Crippen MR) is 173 cm³/mol. The van der Waals surface area contributed by atoms with Crippen LogP contribution in [0.3, 0.4) is 0 Å². The number of hydrogen-bond acceptors (Lipinski definition) is 4. The average Bonchev–Trinajstić information content (AvgIpc) is 3.71. The molecule has 3 aromatic rings. The van der Waals surface area contributed by atoms with Crippen molar-refractivity contribution in [2.24, 2.45) is 17.8 Å². The number of aliphatic hydroxyl groups excluding tert-OH is 2. The van der Waals surface area contributed by atoms with Crippen LogP contribution in [0.25, 0.3) is 35.2 Å². The van der Waals surface area contributed by atoms with Crippen molar-refractivity contribution < 1.29 is 19.7 Å². The maximum atomic E-state index is 14.0. The summed E-state index contributed by atoms with van der Waals surface area (Å²) in [6.07, 6.45) is 8.88. The fourth-order valence-electron chi connectivity index (χ4n) is 7.10. The third kappa shape index (κ3) is 4.89. The Labute approximate surface area is 274 Å². The largest absolute Gasteiger partial charge is 2.00 e. The number of aromatic nitrogens is 3. The van der Waals surface area contributed by atoms with Gasteiger partial charge in [-0.1, -0.05) is 85.9 Å². The van der Waals surface area contributed by atoms with Gasteiger partial charge in [-0.25, -0.2) is 0 Å². The third-order valence-electron chi connectivity index (χ3n) is 9.48. The van der Waals surface area contributed by atoms with E-state index in [-0.39, 0.29) is 40.7 Å². The van der Waals surface area contributed by atoms with Gasteiger partial charge < -0.3 is 35.2 Å². The van der Waals surface area contributed by atoms with Gasteiger partial charge in [0.2, 0.25) is 0 Å². The second-order valence-corrected chi connectivity index (χ2v) is 11.8. The average molecular weight is 603 g/mol. The first-order valence-electron chi connectivity index (χ1n) is 15.1. The summed E-state index contributed by atoms with van der Waals surface area (Å²) < 4.78 is 5.21. The first-order valence-corrected chi connectivity index (χ1v) is 15.1. The van der Waals surface area contributed by atoms with E-state index < -0.39 is 19.0 Å².